The van der Waals surface area contributed by atoms with Crippen molar-refractivity contribution in [3.05, 3.63) is 45.8 Å². The smallest absolute Gasteiger partial charge is 0.243 e. The second-order valence-corrected chi connectivity index (χ2v) is 11.5. The molecule has 1 aliphatic heterocycles. The number of ketones is 1. The van der Waals surface area contributed by atoms with Gasteiger partial charge in [0.25, 0.3) is 0 Å². The first-order valence-electron chi connectivity index (χ1n) is 10.8. The molecule has 1 aliphatic carbocycles. The molecule has 2 aliphatic rings. The van der Waals surface area contributed by atoms with Crippen molar-refractivity contribution in [1.29, 1.82) is 5.26 Å². The van der Waals surface area contributed by atoms with E-state index in [1.807, 2.05) is 0 Å². The number of anilines is 1. The maximum absolute atomic E-state index is 13.0. The van der Waals surface area contributed by atoms with Crippen LogP contribution in [0.15, 0.2) is 29.2 Å². The topological polar surface area (TPSA) is 90.3 Å². The van der Waals surface area contributed by atoms with E-state index in [9.17, 15) is 18.5 Å². The molecule has 8 heteroatoms. The van der Waals surface area contributed by atoms with E-state index in [0.717, 1.165) is 49.1 Å². The highest BCUT2D eigenvalue weighted by atomic mass is 32.2. The Morgan fingerprint density at radius 3 is 2.74 bits per heavy atom. The Bertz CT molecular complexity index is 1120. The first-order valence-corrected chi connectivity index (χ1v) is 13.1. The maximum atomic E-state index is 13.0. The molecular weight excluding hydrogens is 430 g/mol. The second-order valence-electron chi connectivity index (χ2n) is 8.42. The number of hydrogen-bond acceptors (Lipinski definition) is 6. The van der Waals surface area contributed by atoms with Gasteiger partial charge in [0, 0.05) is 23.5 Å². The van der Waals surface area contributed by atoms with Crippen molar-refractivity contribution in [1.82, 2.24) is 4.31 Å². The van der Waals surface area contributed by atoms with Gasteiger partial charge in [-0.2, -0.15) is 9.57 Å². The largest absolute Gasteiger partial charge is 0.368 e. The average Bonchev–Trinajstić information content (AvgIpc) is 3.15. The molecule has 0 bridgehead atoms. The Morgan fingerprint density at radius 2 is 2.00 bits per heavy atom. The highest BCUT2D eigenvalue weighted by Crippen LogP contribution is 2.37. The fourth-order valence-electron chi connectivity index (χ4n) is 4.28. The van der Waals surface area contributed by atoms with Crippen molar-refractivity contribution < 1.29 is 13.2 Å². The zero-order chi connectivity index (χ0) is 22.0. The lowest BCUT2D eigenvalue weighted by Gasteiger charge is -2.29. The highest BCUT2D eigenvalue weighted by molar-refractivity contribution is 7.89. The molecule has 1 aromatic heterocycles. The number of carbonyl (C=O) groups is 1. The van der Waals surface area contributed by atoms with Gasteiger partial charge >= 0.3 is 0 Å². The zero-order valence-corrected chi connectivity index (χ0v) is 19.3. The van der Waals surface area contributed by atoms with E-state index in [4.69, 9.17) is 0 Å². The van der Waals surface area contributed by atoms with Crippen molar-refractivity contribution in [3.63, 3.8) is 0 Å². The van der Waals surface area contributed by atoms with Crippen LogP contribution in [0.25, 0.3) is 0 Å². The summed E-state index contributed by atoms with van der Waals surface area (Å²) in [5.74, 6) is 0.339. The summed E-state index contributed by atoms with van der Waals surface area (Å²) in [7, 11) is -3.60. The summed E-state index contributed by atoms with van der Waals surface area (Å²) in [5, 5.41) is 13.4. The van der Waals surface area contributed by atoms with Crippen LogP contribution in [0.2, 0.25) is 0 Å². The van der Waals surface area contributed by atoms with Crippen LogP contribution >= 0.6 is 11.3 Å². The van der Waals surface area contributed by atoms with E-state index < -0.39 is 10.0 Å². The Hall–Kier alpha value is -2.21. The summed E-state index contributed by atoms with van der Waals surface area (Å²) in [6.07, 6.45) is 5.84. The number of aryl methyl sites for hydroxylation is 1. The Balaban J connectivity index is 1.48. The Labute approximate surface area is 187 Å². The molecule has 0 amide bonds. The van der Waals surface area contributed by atoms with Gasteiger partial charge in [-0.05, 0) is 62.1 Å². The van der Waals surface area contributed by atoms with Gasteiger partial charge in [0.2, 0.25) is 10.0 Å². The second kappa shape index (κ2) is 9.11. The molecule has 6 nitrogen and oxygen atoms in total. The van der Waals surface area contributed by atoms with Gasteiger partial charge in [0.1, 0.15) is 11.1 Å². The summed E-state index contributed by atoms with van der Waals surface area (Å²) >= 11 is 1.56. The van der Waals surface area contributed by atoms with Gasteiger partial charge in [-0.3, -0.25) is 4.79 Å². The zero-order valence-electron chi connectivity index (χ0n) is 17.7. The number of thiophene rings is 1. The number of piperidine rings is 1. The van der Waals surface area contributed by atoms with Crippen LogP contribution < -0.4 is 5.32 Å². The molecule has 1 N–H and O–H groups in total. The summed E-state index contributed by atoms with van der Waals surface area (Å²) in [6, 6.07) is 8.58. The van der Waals surface area contributed by atoms with Gasteiger partial charge in [0.15, 0.2) is 5.78 Å². The number of nitrogens with one attached hydrogen (secondary N) is 1. The molecule has 31 heavy (non-hydrogen) atoms. The van der Waals surface area contributed by atoms with E-state index in [-0.39, 0.29) is 17.2 Å². The van der Waals surface area contributed by atoms with Crippen LogP contribution in [0.5, 0.6) is 0 Å². The van der Waals surface area contributed by atoms with Crippen molar-refractivity contribution in [2.45, 2.75) is 50.3 Å². The Morgan fingerprint density at radius 1 is 1.26 bits per heavy atom. The molecule has 2 aromatic rings. The predicted octanol–water partition coefficient (Wildman–Crippen LogP) is 4.21. The fourth-order valence-corrected chi connectivity index (χ4v) is 7.03. The number of carbonyl (C=O) groups excluding carboxylic acids is 1. The number of sulfonamides is 1. The minimum Gasteiger partial charge on any atom is -0.368 e. The standard InChI is InChI=1S/C23H27N3O3S2/c1-16-9-11-26(12-10-16)31(28,29)18-6-4-5-17(13-18)21(27)15-25-23-20(14-24)19-7-2-3-8-22(19)30-23/h4-6,13,16,25H,2-3,7-12,15H2,1H3. The van der Waals surface area contributed by atoms with E-state index in [2.05, 4.69) is 18.3 Å². The van der Waals surface area contributed by atoms with Gasteiger partial charge in [0.05, 0.1) is 17.0 Å². The molecule has 0 saturated carbocycles. The minimum absolute atomic E-state index is 0.0266. The lowest BCUT2D eigenvalue weighted by atomic mass is 9.96. The van der Waals surface area contributed by atoms with Crippen LogP contribution in [0.3, 0.4) is 0 Å². The normalized spacial score (nSPS) is 17.7. The lowest BCUT2D eigenvalue weighted by molar-refractivity contribution is 0.101. The minimum atomic E-state index is -3.60. The van der Waals surface area contributed by atoms with Crippen molar-refractivity contribution >= 4 is 32.1 Å². The van der Waals surface area contributed by atoms with E-state index in [1.54, 1.807) is 29.5 Å². The summed E-state index contributed by atoms with van der Waals surface area (Å²) in [4.78, 5) is 14.2. The summed E-state index contributed by atoms with van der Waals surface area (Å²) in [5.41, 5.74) is 2.14. The lowest BCUT2D eigenvalue weighted by Crippen LogP contribution is -2.37. The molecule has 0 spiro atoms. The molecule has 1 saturated heterocycles. The van der Waals surface area contributed by atoms with E-state index in [1.165, 1.54) is 15.2 Å². The SMILES string of the molecule is CC1CCN(S(=O)(=O)c2cccc(C(=O)CNc3sc4c(c3C#N)CCCC4)c2)CC1. The number of hydrogen-bond donors (Lipinski definition) is 1. The van der Waals surface area contributed by atoms with Crippen LogP contribution in [-0.4, -0.2) is 38.1 Å². The summed E-state index contributed by atoms with van der Waals surface area (Å²) in [6.45, 7) is 3.20. The first-order chi connectivity index (χ1) is 14.9. The number of nitriles is 1. The molecule has 2 heterocycles. The van der Waals surface area contributed by atoms with Crippen LogP contribution in [0.1, 0.15) is 59.0 Å². The fraction of sp³-hybridized carbons (Fsp3) is 0.478. The predicted molar refractivity (Wildman–Crippen MR) is 122 cm³/mol. The third-order valence-corrected chi connectivity index (χ3v) is 9.37. The molecule has 0 atom stereocenters. The Kier molecular flexibility index (Phi) is 6.47. The average molecular weight is 458 g/mol. The first kappa shape index (κ1) is 22.0. The van der Waals surface area contributed by atoms with Gasteiger partial charge in [-0.25, -0.2) is 8.42 Å². The number of fused-ring (bicyclic) bond motifs is 1. The molecule has 4 rings (SSSR count). The van der Waals surface area contributed by atoms with Crippen molar-refractivity contribution in [3.8, 4) is 6.07 Å². The van der Waals surface area contributed by atoms with Gasteiger partial charge in [-0.1, -0.05) is 19.1 Å². The van der Waals surface area contributed by atoms with Crippen LogP contribution in [0, 0.1) is 17.2 Å². The molecule has 0 radical (unpaired) electrons. The molecule has 164 valence electrons. The highest BCUT2D eigenvalue weighted by Gasteiger charge is 2.28. The number of nitrogens with zero attached hydrogens (tertiary/aromatic N) is 2. The third-order valence-electron chi connectivity index (χ3n) is 6.23. The molecular formula is C23H27N3O3S2. The quantitative estimate of drug-likeness (QED) is 0.656. The number of Topliss-reactive ketones (excluding diaryl/α,β-unsaturated/α-hetero) is 1. The van der Waals surface area contributed by atoms with E-state index >= 15 is 0 Å². The molecule has 1 aromatic carbocycles. The van der Waals surface area contributed by atoms with Crippen LogP contribution in [-0.2, 0) is 22.9 Å². The van der Waals surface area contributed by atoms with Crippen LogP contribution in [0.4, 0.5) is 5.00 Å². The van der Waals surface area contributed by atoms with Crippen molar-refractivity contribution in [2.75, 3.05) is 25.0 Å². The number of benzene rings is 1. The summed E-state index contributed by atoms with van der Waals surface area (Å²) < 4.78 is 27.5. The van der Waals surface area contributed by atoms with Gasteiger partial charge < -0.3 is 5.32 Å². The van der Waals surface area contributed by atoms with Gasteiger partial charge in [-0.15, -0.1) is 11.3 Å². The maximum Gasteiger partial charge on any atom is 0.243 e. The molecule has 1 fully saturated rings. The van der Waals surface area contributed by atoms with Crippen molar-refractivity contribution in [2.24, 2.45) is 5.92 Å². The van der Waals surface area contributed by atoms with E-state index in [0.29, 0.717) is 30.1 Å². The monoisotopic (exact) mass is 457 g/mol. The molecule has 0 unspecified atom stereocenters. The number of rotatable bonds is 6. The third kappa shape index (κ3) is 4.54.